The maximum absolute atomic E-state index is 12.6. The third-order valence-corrected chi connectivity index (χ3v) is 4.89. The highest BCUT2D eigenvalue weighted by molar-refractivity contribution is 6.43. The van der Waals surface area contributed by atoms with E-state index < -0.39 is 0 Å². The van der Waals surface area contributed by atoms with Gasteiger partial charge in [-0.2, -0.15) is 0 Å². The zero-order chi connectivity index (χ0) is 17.8. The lowest BCUT2D eigenvalue weighted by Crippen LogP contribution is -2.46. The molecule has 6 nitrogen and oxygen atoms in total. The number of hydrogen-bond acceptors (Lipinski definition) is 5. The number of aromatic nitrogens is 2. The minimum atomic E-state index is -0.131. The van der Waals surface area contributed by atoms with E-state index in [4.69, 9.17) is 39.5 Å². The first-order chi connectivity index (χ1) is 12.1. The van der Waals surface area contributed by atoms with Gasteiger partial charge < -0.3 is 19.5 Å². The van der Waals surface area contributed by atoms with Crippen LogP contribution in [0, 0.1) is 0 Å². The number of ether oxygens (including phenoxy) is 1. The third kappa shape index (κ3) is 4.39. The number of nitrogens with zero attached hydrogens (tertiary/aromatic N) is 3. The van der Waals surface area contributed by atoms with E-state index in [9.17, 15) is 4.79 Å². The number of benzene rings is 1. The quantitative estimate of drug-likeness (QED) is 0.778. The summed E-state index contributed by atoms with van der Waals surface area (Å²) < 4.78 is 7.22. The molecule has 0 aliphatic carbocycles. The molecule has 1 aromatic carbocycles. The molecule has 3 rings (SSSR count). The van der Waals surface area contributed by atoms with Gasteiger partial charge in [0.15, 0.2) is 5.82 Å². The molecule has 9 heteroatoms. The summed E-state index contributed by atoms with van der Waals surface area (Å²) in [6.45, 7) is 3.85. The second-order valence-electron chi connectivity index (χ2n) is 5.53. The predicted octanol–water partition coefficient (Wildman–Crippen LogP) is 2.69. The van der Waals surface area contributed by atoms with Gasteiger partial charge in [-0.15, -0.1) is 0 Å². The molecular formula is C16H17Cl3N4O2. The monoisotopic (exact) mass is 402 g/mol. The van der Waals surface area contributed by atoms with Gasteiger partial charge in [0.05, 0.1) is 21.6 Å². The molecule has 25 heavy (non-hydrogen) atoms. The highest BCUT2D eigenvalue weighted by atomic mass is 35.5. The normalized spacial score (nSPS) is 14.6. The van der Waals surface area contributed by atoms with Crippen LogP contribution in [0.15, 0.2) is 29.3 Å². The van der Waals surface area contributed by atoms with Crippen LogP contribution in [-0.4, -0.2) is 42.3 Å². The van der Waals surface area contributed by atoms with Crippen molar-refractivity contribution in [1.29, 1.82) is 0 Å². The van der Waals surface area contributed by atoms with Crippen molar-refractivity contribution in [3.63, 3.8) is 0 Å². The molecule has 1 fully saturated rings. The maximum atomic E-state index is 12.6. The molecule has 1 saturated heterocycles. The minimum absolute atomic E-state index is 0.131. The Hall–Kier alpha value is -1.47. The van der Waals surface area contributed by atoms with Crippen molar-refractivity contribution in [2.45, 2.75) is 6.54 Å². The number of halogens is 3. The van der Waals surface area contributed by atoms with Crippen molar-refractivity contribution in [3.8, 4) is 5.75 Å². The van der Waals surface area contributed by atoms with E-state index in [1.54, 1.807) is 23.0 Å². The van der Waals surface area contributed by atoms with E-state index in [-0.39, 0.29) is 12.2 Å². The first-order valence-electron chi connectivity index (χ1n) is 7.84. The van der Waals surface area contributed by atoms with Crippen molar-refractivity contribution < 1.29 is 4.74 Å². The molecule has 0 radical (unpaired) electrons. The summed E-state index contributed by atoms with van der Waals surface area (Å²) in [6.07, 6.45) is 3.28. The molecule has 1 aliphatic heterocycles. The maximum Gasteiger partial charge on any atom is 0.293 e. The van der Waals surface area contributed by atoms with E-state index in [2.05, 4.69) is 10.3 Å². The number of hydrogen-bond donors (Lipinski definition) is 1. The topological polar surface area (TPSA) is 59.4 Å². The zero-order valence-corrected chi connectivity index (χ0v) is 15.6. The largest absolute Gasteiger partial charge is 0.490 e. The smallest absolute Gasteiger partial charge is 0.293 e. The molecule has 134 valence electrons. The molecule has 0 spiro atoms. The Balaban J connectivity index is 1.67. The molecule has 1 aliphatic rings. The third-order valence-electron chi connectivity index (χ3n) is 3.88. The van der Waals surface area contributed by atoms with Crippen LogP contribution in [0.4, 0.5) is 5.82 Å². The second-order valence-corrected chi connectivity index (χ2v) is 6.75. The van der Waals surface area contributed by atoms with Crippen LogP contribution in [0.1, 0.15) is 0 Å². The Labute approximate surface area is 160 Å². The van der Waals surface area contributed by atoms with Crippen molar-refractivity contribution in [2.75, 3.05) is 37.7 Å². The van der Waals surface area contributed by atoms with E-state index in [0.717, 1.165) is 26.2 Å². The van der Waals surface area contributed by atoms with Gasteiger partial charge in [0.2, 0.25) is 0 Å². The van der Waals surface area contributed by atoms with Gasteiger partial charge >= 0.3 is 0 Å². The fourth-order valence-corrected chi connectivity index (χ4v) is 3.17. The molecule has 0 bridgehead atoms. The summed E-state index contributed by atoms with van der Waals surface area (Å²) in [7, 11) is 0. The fraction of sp³-hybridized carbons (Fsp3) is 0.375. The Morgan fingerprint density at radius 1 is 1.12 bits per heavy atom. The molecule has 0 amide bonds. The minimum Gasteiger partial charge on any atom is -0.490 e. The number of piperazine rings is 1. The van der Waals surface area contributed by atoms with Crippen molar-refractivity contribution in [1.82, 2.24) is 14.9 Å². The van der Waals surface area contributed by atoms with Gasteiger partial charge in [0.25, 0.3) is 5.56 Å². The predicted molar refractivity (Wildman–Crippen MR) is 101 cm³/mol. The molecular weight excluding hydrogens is 387 g/mol. The van der Waals surface area contributed by atoms with E-state index >= 15 is 0 Å². The summed E-state index contributed by atoms with van der Waals surface area (Å²) in [5, 5.41) is 4.36. The van der Waals surface area contributed by atoms with Gasteiger partial charge in [-0.25, -0.2) is 4.98 Å². The number of nitrogens with one attached hydrogen (secondary N) is 1. The first kappa shape index (κ1) is 18.3. The van der Waals surface area contributed by atoms with E-state index in [1.807, 2.05) is 4.90 Å². The number of rotatable bonds is 5. The highest BCUT2D eigenvalue weighted by Crippen LogP contribution is 2.33. The van der Waals surface area contributed by atoms with Crippen LogP contribution >= 0.6 is 34.8 Å². The van der Waals surface area contributed by atoms with E-state index in [1.165, 1.54) is 6.07 Å². The summed E-state index contributed by atoms with van der Waals surface area (Å²) >= 11 is 17.9. The lowest BCUT2D eigenvalue weighted by Gasteiger charge is -2.27. The second kappa shape index (κ2) is 8.27. The summed E-state index contributed by atoms with van der Waals surface area (Å²) in [5.41, 5.74) is -0.131. The Morgan fingerprint density at radius 2 is 1.84 bits per heavy atom. The van der Waals surface area contributed by atoms with Gasteiger partial charge in [-0.1, -0.05) is 34.8 Å². The van der Waals surface area contributed by atoms with Crippen LogP contribution in [-0.2, 0) is 6.54 Å². The average molecular weight is 404 g/mol. The summed E-state index contributed by atoms with van der Waals surface area (Å²) in [4.78, 5) is 18.8. The lowest BCUT2D eigenvalue weighted by molar-refractivity contribution is 0.296. The first-order valence-corrected chi connectivity index (χ1v) is 8.98. The summed E-state index contributed by atoms with van der Waals surface area (Å²) in [6, 6.07) is 3.09. The Morgan fingerprint density at radius 3 is 2.60 bits per heavy atom. The Kier molecular flexibility index (Phi) is 6.06. The molecule has 1 aromatic heterocycles. The standard InChI is InChI=1S/C16H17Cl3N4O2/c17-11-9-13(19)14(10-12(11)18)25-8-7-23-6-3-21-15(16(23)24)22-4-1-20-2-5-22/h3,6,9-10,20H,1-2,4-5,7-8H2. The van der Waals surface area contributed by atoms with Crippen LogP contribution in [0.25, 0.3) is 0 Å². The molecule has 0 saturated carbocycles. The van der Waals surface area contributed by atoms with Gasteiger partial charge in [-0.05, 0) is 6.07 Å². The Bertz CT molecular complexity index is 806. The lowest BCUT2D eigenvalue weighted by atomic mass is 10.3. The highest BCUT2D eigenvalue weighted by Gasteiger charge is 2.16. The van der Waals surface area contributed by atoms with E-state index in [0.29, 0.717) is 33.2 Å². The van der Waals surface area contributed by atoms with Crippen molar-refractivity contribution >= 4 is 40.6 Å². The SMILES string of the molecule is O=c1c(N2CCNCC2)nccn1CCOc1cc(Cl)c(Cl)cc1Cl. The molecule has 2 heterocycles. The van der Waals surface area contributed by atoms with Crippen molar-refractivity contribution in [3.05, 3.63) is 49.9 Å². The van der Waals surface area contributed by atoms with Crippen LogP contribution in [0.2, 0.25) is 15.1 Å². The van der Waals surface area contributed by atoms with Crippen LogP contribution in [0.5, 0.6) is 5.75 Å². The van der Waals surface area contributed by atoms with Gasteiger partial charge in [0, 0.05) is 44.6 Å². The molecule has 2 aromatic rings. The molecule has 0 unspecified atom stereocenters. The zero-order valence-electron chi connectivity index (χ0n) is 13.3. The van der Waals surface area contributed by atoms with Crippen LogP contribution in [0.3, 0.4) is 0 Å². The fourth-order valence-electron chi connectivity index (χ4n) is 2.57. The van der Waals surface area contributed by atoms with Gasteiger partial charge in [-0.3, -0.25) is 4.79 Å². The molecule has 0 atom stereocenters. The van der Waals surface area contributed by atoms with Crippen LogP contribution < -0.4 is 20.5 Å². The number of anilines is 1. The van der Waals surface area contributed by atoms with Crippen molar-refractivity contribution in [2.24, 2.45) is 0 Å². The van der Waals surface area contributed by atoms with Gasteiger partial charge in [0.1, 0.15) is 12.4 Å². The summed E-state index contributed by atoms with van der Waals surface area (Å²) in [5.74, 6) is 0.900. The molecule has 1 N–H and O–H groups in total. The average Bonchev–Trinajstić information content (AvgIpc) is 2.61.